The summed E-state index contributed by atoms with van der Waals surface area (Å²) in [4.78, 5) is 27.1. The molecule has 0 unspecified atom stereocenters. The van der Waals surface area contributed by atoms with Gasteiger partial charge in [-0.25, -0.2) is 4.39 Å². The SMILES string of the molecule is CCN1CCN(c2ccc(C(=O)/C=C/c3cc(OC)c(O)c([N+](=O)[O-])c3)cc2F)CC1. The summed E-state index contributed by atoms with van der Waals surface area (Å²) in [5.41, 5.74) is 0.394. The number of anilines is 1. The van der Waals surface area contributed by atoms with Gasteiger partial charge in [-0.3, -0.25) is 14.9 Å². The summed E-state index contributed by atoms with van der Waals surface area (Å²) in [5, 5.41) is 20.9. The van der Waals surface area contributed by atoms with E-state index in [1.165, 1.54) is 31.4 Å². The minimum Gasteiger partial charge on any atom is -0.500 e. The molecule has 0 saturated carbocycles. The number of phenolic OH excluding ortho intramolecular Hbond substituents is 1. The van der Waals surface area contributed by atoms with Crippen molar-refractivity contribution < 1.29 is 24.0 Å². The van der Waals surface area contributed by atoms with Crippen LogP contribution < -0.4 is 9.64 Å². The number of likely N-dealkylation sites (N-methyl/N-ethyl adjacent to an activating group) is 1. The monoisotopic (exact) mass is 429 g/mol. The van der Waals surface area contributed by atoms with Crippen molar-refractivity contribution in [3.8, 4) is 11.5 Å². The number of carbonyl (C=O) groups excluding carboxylic acids is 1. The lowest BCUT2D eigenvalue weighted by molar-refractivity contribution is -0.386. The highest BCUT2D eigenvalue weighted by Gasteiger charge is 2.20. The minimum atomic E-state index is -0.745. The van der Waals surface area contributed by atoms with Crippen LogP contribution in [0.3, 0.4) is 0 Å². The molecule has 0 bridgehead atoms. The molecule has 1 aliphatic rings. The number of rotatable bonds is 7. The zero-order valence-corrected chi connectivity index (χ0v) is 17.4. The van der Waals surface area contributed by atoms with E-state index in [-0.39, 0.29) is 11.3 Å². The van der Waals surface area contributed by atoms with Crippen LogP contribution in [0.2, 0.25) is 0 Å². The lowest BCUT2D eigenvalue weighted by atomic mass is 10.1. The van der Waals surface area contributed by atoms with E-state index in [1.54, 1.807) is 12.1 Å². The Kier molecular flexibility index (Phi) is 6.86. The number of carbonyl (C=O) groups is 1. The first-order chi connectivity index (χ1) is 14.8. The van der Waals surface area contributed by atoms with Crippen LogP contribution in [0.5, 0.6) is 11.5 Å². The molecule has 0 aromatic heterocycles. The van der Waals surface area contributed by atoms with E-state index in [0.717, 1.165) is 38.8 Å². The summed E-state index contributed by atoms with van der Waals surface area (Å²) in [6.45, 7) is 6.23. The Morgan fingerprint density at radius 3 is 2.55 bits per heavy atom. The Balaban J connectivity index is 1.77. The number of halogens is 1. The van der Waals surface area contributed by atoms with Crippen molar-refractivity contribution in [2.24, 2.45) is 0 Å². The summed E-state index contributed by atoms with van der Waals surface area (Å²) < 4.78 is 19.6. The molecule has 0 spiro atoms. The van der Waals surface area contributed by atoms with E-state index in [4.69, 9.17) is 4.74 Å². The van der Waals surface area contributed by atoms with Crippen molar-refractivity contribution in [2.45, 2.75) is 6.92 Å². The molecule has 1 saturated heterocycles. The van der Waals surface area contributed by atoms with Gasteiger partial charge in [-0.15, -0.1) is 0 Å². The molecule has 2 aromatic rings. The molecule has 1 fully saturated rings. The second kappa shape index (κ2) is 9.57. The predicted octanol–water partition coefficient (Wildman–Crippen LogP) is 3.49. The number of nitrogens with zero attached hydrogens (tertiary/aromatic N) is 3. The largest absolute Gasteiger partial charge is 0.500 e. The van der Waals surface area contributed by atoms with Crippen LogP contribution >= 0.6 is 0 Å². The van der Waals surface area contributed by atoms with Gasteiger partial charge in [-0.2, -0.15) is 0 Å². The Hall–Kier alpha value is -3.46. The third-order valence-corrected chi connectivity index (χ3v) is 5.31. The first kappa shape index (κ1) is 22.2. The molecular weight excluding hydrogens is 405 g/mol. The van der Waals surface area contributed by atoms with Crippen LogP contribution in [-0.4, -0.2) is 60.5 Å². The van der Waals surface area contributed by atoms with Crippen LogP contribution in [0.15, 0.2) is 36.4 Å². The lowest BCUT2D eigenvalue weighted by Gasteiger charge is -2.35. The van der Waals surface area contributed by atoms with Crippen molar-refractivity contribution in [1.82, 2.24) is 4.90 Å². The zero-order valence-electron chi connectivity index (χ0n) is 17.4. The van der Waals surface area contributed by atoms with Gasteiger partial charge in [0.05, 0.1) is 17.7 Å². The smallest absolute Gasteiger partial charge is 0.315 e. The number of hydrogen-bond donors (Lipinski definition) is 1. The van der Waals surface area contributed by atoms with Crippen LogP contribution in [0.25, 0.3) is 6.08 Å². The first-order valence-electron chi connectivity index (χ1n) is 9.88. The molecule has 1 heterocycles. The van der Waals surface area contributed by atoms with Crippen LogP contribution in [0.4, 0.5) is 15.8 Å². The van der Waals surface area contributed by atoms with Crippen molar-refractivity contribution in [2.75, 3.05) is 44.7 Å². The van der Waals surface area contributed by atoms with Gasteiger partial charge in [0, 0.05) is 37.8 Å². The average Bonchev–Trinajstić information content (AvgIpc) is 2.77. The standard InChI is InChI=1S/C22H24FN3O5/c1-3-24-8-10-25(11-9-24)18-6-5-16(14-17(18)23)20(27)7-4-15-12-19(26(29)30)22(28)21(13-15)31-2/h4-7,12-14,28H,3,8-11H2,1-2H3/b7-4+. The number of hydrogen-bond acceptors (Lipinski definition) is 7. The van der Waals surface area contributed by atoms with Crippen LogP contribution in [0, 0.1) is 15.9 Å². The number of benzene rings is 2. The molecule has 8 nitrogen and oxygen atoms in total. The number of methoxy groups -OCH3 is 1. The minimum absolute atomic E-state index is 0.0835. The van der Waals surface area contributed by atoms with Gasteiger partial charge in [0.1, 0.15) is 5.82 Å². The van der Waals surface area contributed by atoms with Crippen molar-refractivity contribution in [3.63, 3.8) is 0 Å². The van der Waals surface area contributed by atoms with Crippen molar-refractivity contribution >= 4 is 23.2 Å². The molecule has 1 N–H and O–H groups in total. The summed E-state index contributed by atoms with van der Waals surface area (Å²) in [6, 6.07) is 6.87. The maximum absolute atomic E-state index is 14.7. The number of allylic oxidation sites excluding steroid dienone is 1. The molecule has 31 heavy (non-hydrogen) atoms. The molecule has 164 valence electrons. The summed E-state index contributed by atoms with van der Waals surface area (Å²) >= 11 is 0. The molecule has 2 aromatic carbocycles. The number of phenols is 1. The number of aromatic hydroxyl groups is 1. The Morgan fingerprint density at radius 2 is 1.97 bits per heavy atom. The van der Waals surface area contributed by atoms with Crippen molar-refractivity contribution in [1.29, 1.82) is 0 Å². The normalized spacial score (nSPS) is 14.7. The van der Waals surface area contributed by atoms with E-state index >= 15 is 0 Å². The third kappa shape index (κ3) is 5.00. The molecule has 3 rings (SSSR count). The average molecular weight is 429 g/mol. The first-order valence-corrected chi connectivity index (χ1v) is 9.88. The fourth-order valence-corrected chi connectivity index (χ4v) is 3.49. The van der Waals surface area contributed by atoms with Gasteiger partial charge < -0.3 is 19.6 Å². The fourth-order valence-electron chi connectivity index (χ4n) is 3.49. The predicted molar refractivity (Wildman–Crippen MR) is 115 cm³/mol. The van der Waals surface area contributed by atoms with Gasteiger partial charge in [0.2, 0.25) is 5.75 Å². The van der Waals surface area contributed by atoms with E-state index in [9.17, 15) is 24.4 Å². The van der Waals surface area contributed by atoms with Gasteiger partial charge in [-0.1, -0.05) is 13.0 Å². The number of ketones is 1. The third-order valence-electron chi connectivity index (χ3n) is 5.31. The van der Waals surface area contributed by atoms with E-state index in [2.05, 4.69) is 11.8 Å². The Labute approximate surface area is 179 Å². The Bertz CT molecular complexity index is 1020. The van der Waals surface area contributed by atoms with E-state index in [0.29, 0.717) is 11.3 Å². The highest BCUT2D eigenvalue weighted by molar-refractivity contribution is 6.07. The summed E-state index contributed by atoms with van der Waals surface area (Å²) in [5.74, 6) is -1.59. The maximum Gasteiger partial charge on any atom is 0.315 e. The molecule has 0 radical (unpaired) electrons. The second-order valence-electron chi connectivity index (χ2n) is 7.13. The van der Waals surface area contributed by atoms with Crippen LogP contribution in [-0.2, 0) is 0 Å². The van der Waals surface area contributed by atoms with Gasteiger partial charge in [-0.05, 0) is 42.4 Å². The highest BCUT2D eigenvalue weighted by atomic mass is 19.1. The van der Waals surface area contributed by atoms with Crippen LogP contribution in [0.1, 0.15) is 22.8 Å². The molecule has 0 amide bonds. The van der Waals surface area contributed by atoms with E-state index in [1.807, 2.05) is 4.90 Å². The molecule has 0 aliphatic carbocycles. The molecular formula is C22H24FN3O5. The molecule has 9 heteroatoms. The number of nitro groups is 1. The number of ether oxygens (including phenoxy) is 1. The quantitative estimate of drug-likeness (QED) is 0.311. The van der Waals surface area contributed by atoms with Gasteiger partial charge in [0.15, 0.2) is 11.5 Å². The molecule has 0 atom stereocenters. The second-order valence-corrected chi connectivity index (χ2v) is 7.13. The zero-order chi connectivity index (χ0) is 22.5. The van der Waals surface area contributed by atoms with Gasteiger partial charge >= 0.3 is 5.69 Å². The fraction of sp³-hybridized carbons (Fsp3) is 0.318. The summed E-state index contributed by atoms with van der Waals surface area (Å²) in [6.07, 6.45) is 2.55. The van der Waals surface area contributed by atoms with Gasteiger partial charge in [0.25, 0.3) is 0 Å². The van der Waals surface area contributed by atoms with Crippen molar-refractivity contribution in [3.05, 3.63) is 63.5 Å². The molecule has 1 aliphatic heterocycles. The highest BCUT2D eigenvalue weighted by Crippen LogP contribution is 2.37. The summed E-state index contributed by atoms with van der Waals surface area (Å²) in [7, 11) is 1.27. The van der Waals surface area contributed by atoms with E-state index < -0.39 is 28.0 Å². The Morgan fingerprint density at radius 1 is 1.26 bits per heavy atom. The number of nitro benzene ring substituents is 1. The number of piperazine rings is 1. The maximum atomic E-state index is 14.7. The lowest BCUT2D eigenvalue weighted by Crippen LogP contribution is -2.46. The topological polar surface area (TPSA) is 96.2 Å².